The van der Waals surface area contributed by atoms with Crippen LogP contribution < -0.4 is 11.1 Å². The van der Waals surface area contributed by atoms with Gasteiger partial charge in [0.1, 0.15) is 6.04 Å². The normalized spacial score (nSPS) is 23.4. The van der Waals surface area contributed by atoms with Crippen molar-refractivity contribution < 1.29 is 9.59 Å². The van der Waals surface area contributed by atoms with Crippen LogP contribution in [-0.2, 0) is 10.2 Å². The van der Waals surface area contributed by atoms with Crippen molar-refractivity contribution in [1.29, 1.82) is 0 Å². The van der Waals surface area contributed by atoms with Crippen LogP contribution >= 0.6 is 0 Å². The summed E-state index contributed by atoms with van der Waals surface area (Å²) >= 11 is 0. The third kappa shape index (κ3) is 3.79. The zero-order valence-electron chi connectivity index (χ0n) is 14.9. The minimum Gasteiger partial charge on any atom is -0.353 e. The van der Waals surface area contributed by atoms with Crippen molar-refractivity contribution in [3.8, 4) is 0 Å². The van der Waals surface area contributed by atoms with Gasteiger partial charge in [-0.2, -0.15) is 0 Å². The lowest BCUT2D eigenvalue weighted by atomic mass is 9.72. The Bertz CT molecular complexity index is 611. The van der Waals surface area contributed by atoms with Crippen LogP contribution in [-0.4, -0.2) is 61.0 Å². The molecule has 25 heavy (non-hydrogen) atoms. The molecule has 3 amide bonds. The molecule has 3 N–H and O–H groups in total. The molecule has 2 aliphatic rings. The van der Waals surface area contributed by atoms with E-state index in [4.69, 9.17) is 5.73 Å². The Morgan fingerprint density at radius 2 is 1.88 bits per heavy atom. The zero-order valence-corrected chi connectivity index (χ0v) is 14.9. The summed E-state index contributed by atoms with van der Waals surface area (Å²) in [6.07, 6.45) is 3.54. The Balaban J connectivity index is 1.71. The van der Waals surface area contributed by atoms with E-state index < -0.39 is 12.1 Å². The summed E-state index contributed by atoms with van der Waals surface area (Å²) in [5.74, 6) is -0.0782. The zero-order chi connectivity index (χ0) is 17.9. The Morgan fingerprint density at radius 1 is 1.20 bits per heavy atom. The van der Waals surface area contributed by atoms with Crippen LogP contribution in [0.2, 0.25) is 0 Å². The predicted octanol–water partition coefficient (Wildman–Crippen LogP) is 1.31. The number of hydrogen-bond donors (Lipinski definition) is 2. The van der Waals surface area contributed by atoms with Crippen LogP contribution in [0.3, 0.4) is 0 Å². The molecule has 2 fully saturated rings. The molecule has 1 aromatic rings. The number of likely N-dealkylation sites (tertiary alicyclic amines) is 2. The summed E-state index contributed by atoms with van der Waals surface area (Å²) in [5.41, 5.74) is 6.64. The fourth-order valence-electron chi connectivity index (χ4n) is 4.08. The van der Waals surface area contributed by atoms with E-state index in [-0.39, 0.29) is 11.3 Å². The Kier molecular flexibility index (Phi) is 5.27. The number of primary amides is 1. The highest BCUT2D eigenvalue weighted by Crippen LogP contribution is 2.34. The number of urea groups is 1. The van der Waals surface area contributed by atoms with Crippen LogP contribution in [0.15, 0.2) is 30.3 Å². The van der Waals surface area contributed by atoms with E-state index in [0.717, 1.165) is 32.4 Å². The molecular formula is C19H28N4O2. The molecule has 0 aliphatic carbocycles. The number of nitrogens with zero attached hydrogens (tertiary/aromatic N) is 2. The van der Waals surface area contributed by atoms with Crippen molar-refractivity contribution in [2.45, 2.75) is 37.1 Å². The lowest BCUT2D eigenvalue weighted by Gasteiger charge is -2.41. The molecule has 0 spiro atoms. The average Bonchev–Trinajstić information content (AvgIpc) is 3.12. The SMILES string of the molecule is CN1CCC(CNC(=O)[C@@H]2CCCN2C(N)=O)(c2ccccc2)CC1. The van der Waals surface area contributed by atoms with E-state index in [1.54, 1.807) is 0 Å². The van der Waals surface area contributed by atoms with E-state index in [0.29, 0.717) is 19.5 Å². The smallest absolute Gasteiger partial charge is 0.315 e. The summed E-state index contributed by atoms with van der Waals surface area (Å²) in [6.45, 7) is 3.21. The van der Waals surface area contributed by atoms with Gasteiger partial charge in [0.15, 0.2) is 0 Å². The van der Waals surface area contributed by atoms with Crippen molar-refractivity contribution in [3.05, 3.63) is 35.9 Å². The van der Waals surface area contributed by atoms with Gasteiger partial charge in [-0.25, -0.2) is 4.79 Å². The number of amides is 3. The van der Waals surface area contributed by atoms with Crippen molar-refractivity contribution in [2.75, 3.05) is 33.2 Å². The van der Waals surface area contributed by atoms with Gasteiger partial charge >= 0.3 is 6.03 Å². The second-order valence-electron chi connectivity index (χ2n) is 7.36. The summed E-state index contributed by atoms with van der Waals surface area (Å²) in [6, 6.07) is 9.53. The Morgan fingerprint density at radius 3 is 2.52 bits per heavy atom. The molecule has 0 saturated carbocycles. The number of rotatable bonds is 4. The van der Waals surface area contributed by atoms with Crippen molar-refractivity contribution >= 4 is 11.9 Å². The Hall–Kier alpha value is -2.08. The second kappa shape index (κ2) is 7.44. The van der Waals surface area contributed by atoms with Gasteiger partial charge in [0, 0.05) is 18.5 Å². The number of piperidine rings is 1. The predicted molar refractivity (Wildman–Crippen MR) is 97.2 cm³/mol. The summed E-state index contributed by atoms with van der Waals surface area (Å²) < 4.78 is 0. The monoisotopic (exact) mass is 344 g/mol. The molecule has 1 atom stereocenters. The minimum atomic E-state index is -0.505. The maximum Gasteiger partial charge on any atom is 0.315 e. The topological polar surface area (TPSA) is 78.7 Å². The summed E-state index contributed by atoms with van der Waals surface area (Å²) in [7, 11) is 2.14. The van der Waals surface area contributed by atoms with E-state index in [9.17, 15) is 9.59 Å². The molecule has 6 heteroatoms. The number of nitrogens with two attached hydrogens (primary N) is 1. The largest absolute Gasteiger partial charge is 0.353 e. The molecule has 6 nitrogen and oxygen atoms in total. The van der Waals surface area contributed by atoms with Gasteiger partial charge < -0.3 is 20.9 Å². The van der Waals surface area contributed by atoms with Crippen LogP contribution in [0, 0.1) is 0 Å². The third-order valence-electron chi connectivity index (χ3n) is 5.77. The molecule has 2 aliphatic heterocycles. The fourth-order valence-corrected chi connectivity index (χ4v) is 4.08. The van der Waals surface area contributed by atoms with E-state index in [1.165, 1.54) is 10.5 Å². The molecular weight excluding hydrogens is 316 g/mol. The number of carbonyl (C=O) groups excluding carboxylic acids is 2. The van der Waals surface area contributed by atoms with Gasteiger partial charge in [0.2, 0.25) is 5.91 Å². The molecule has 2 heterocycles. The molecule has 3 rings (SSSR count). The maximum absolute atomic E-state index is 12.7. The minimum absolute atomic E-state index is 0.0421. The van der Waals surface area contributed by atoms with Crippen LogP contribution in [0.1, 0.15) is 31.2 Å². The van der Waals surface area contributed by atoms with E-state index in [2.05, 4.69) is 41.5 Å². The summed E-state index contributed by atoms with van der Waals surface area (Å²) in [5, 5.41) is 3.13. The first-order valence-corrected chi connectivity index (χ1v) is 9.10. The first kappa shape index (κ1) is 17.7. The Labute approximate surface area is 149 Å². The van der Waals surface area contributed by atoms with Gasteiger partial charge in [0.05, 0.1) is 0 Å². The second-order valence-corrected chi connectivity index (χ2v) is 7.36. The molecule has 136 valence electrons. The molecule has 0 bridgehead atoms. The van der Waals surface area contributed by atoms with Gasteiger partial charge in [-0.05, 0) is 51.4 Å². The molecule has 2 saturated heterocycles. The first-order valence-electron chi connectivity index (χ1n) is 9.10. The number of benzene rings is 1. The van der Waals surface area contributed by atoms with Gasteiger partial charge in [-0.15, -0.1) is 0 Å². The van der Waals surface area contributed by atoms with Crippen LogP contribution in [0.4, 0.5) is 4.79 Å². The lowest BCUT2D eigenvalue weighted by Crippen LogP contribution is -2.52. The van der Waals surface area contributed by atoms with Gasteiger partial charge in [0.25, 0.3) is 0 Å². The summed E-state index contributed by atoms with van der Waals surface area (Å²) in [4.78, 5) is 28.0. The molecule has 0 unspecified atom stereocenters. The number of hydrogen-bond acceptors (Lipinski definition) is 3. The van der Waals surface area contributed by atoms with Crippen molar-refractivity contribution in [2.24, 2.45) is 5.73 Å². The van der Waals surface area contributed by atoms with Crippen molar-refractivity contribution in [1.82, 2.24) is 15.1 Å². The number of carbonyl (C=O) groups is 2. The highest BCUT2D eigenvalue weighted by Gasteiger charge is 2.38. The van der Waals surface area contributed by atoms with E-state index >= 15 is 0 Å². The van der Waals surface area contributed by atoms with Crippen molar-refractivity contribution in [3.63, 3.8) is 0 Å². The molecule has 1 aromatic carbocycles. The highest BCUT2D eigenvalue weighted by atomic mass is 16.2. The quantitative estimate of drug-likeness (QED) is 0.864. The molecule has 0 radical (unpaired) electrons. The standard InChI is InChI=1S/C19H28N4O2/c1-22-12-9-19(10-13-22,15-6-3-2-4-7-15)14-21-17(24)16-8-5-11-23(16)18(20)25/h2-4,6-7,16H,5,8-14H2,1H3,(H2,20,25)(H,21,24)/t16-/m0/s1. The first-order chi connectivity index (χ1) is 12.0. The molecule has 0 aromatic heterocycles. The average molecular weight is 344 g/mol. The van der Waals surface area contributed by atoms with Crippen LogP contribution in [0.25, 0.3) is 0 Å². The van der Waals surface area contributed by atoms with Gasteiger partial charge in [-0.3, -0.25) is 4.79 Å². The van der Waals surface area contributed by atoms with Crippen LogP contribution in [0.5, 0.6) is 0 Å². The number of nitrogens with one attached hydrogen (secondary N) is 1. The van der Waals surface area contributed by atoms with Gasteiger partial charge in [-0.1, -0.05) is 30.3 Å². The third-order valence-corrected chi connectivity index (χ3v) is 5.77. The highest BCUT2D eigenvalue weighted by molar-refractivity contribution is 5.87. The van der Waals surface area contributed by atoms with E-state index in [1.807, 2.05) is 6.07 Å². The fraction of sp³-hybridized carbons (Fsp3) is 0.579. The maximum atomic E-state index is 12.7. The lowest BCUT2D eigenvalue weighted by molar-refractivity contribution is -0.125.